The number of carbonyl (C=O) groups excluding carboxylic acids is 1. The smallest absolute Gasteiger partial charge is 0.225 e. The second-order valence-corrected chi connectivity index (χ2v) is 6.77. The number of amides is 1. The Hall–Kier alpha value is -2.58. The third-order valence-electron chi connectivity index (χ3n) is 4.92. The predicted molar refractivity (Wildman–Crippen MR) is 102 cm³/mol. The number of aliphatic hydroxyl groups is 1. The van der Waals surface area contributed by atoms with Crippen LogP contribution in [0.1, 0.15) is 23.6 Å². The number of nitrogens with zero attached hydrogens (tertiary/aromatic N) is 3. The molecule has 28 heavy (non-hydrogen) atoms. The fourth-order valence-electron chi connectivity index (χ4n) is 3.54. The van der Waals surface area contributed by atoms with Gasteiger partial charge in [0.15, 0.2) is 11.5 Å². The summed E-state index contributed by atoms with van der Waals surface area (Å²) in [6.45, 7) is 3.15. The quantitative estimate of drug-likeness (QED) is 0.774. The number of aromatic nitrogens is 2. The van der Waals surface area contributed by atoms with Crippen molar-refractivity contribution in [2.24, 2.45) is 0 Å². The van der Waals surface area contributed by atoms with E-state index in [4.69, 9.17) is 14.2 Å². The van der Waals surface area contributed by atoms with Crippen molar-refractivity contribution in [1.82, 2.24) is 14.7 Å². The number of carbonyl (C=O) groups is 1. The molecule has 8 heteroatoms. The third-order valence-corrected chi connectivity index (χ3v) is 4.92. The molecule has 0 radical (unpaired) electrons. The van der Waals surface area contributed by atoms with E-state index in [0.717, 1.165) is 11.1 Å². The molecule has 0 saturated carbocycles. The summed E-state index contributed by atoms with van der Waals surface area (Å²) < 4.78 is 18.2. The molecule has 1 aromatic carbocycles. The first-order valence-corrected chi connectivity index (χ1v) is 9.30. The lowest BCUT2D eigenvalue weighted by Crippen LogP contribution is -2.49. The van der Waals surface area contributed by atoms with Crippen LogP contribution in [0.5, 0.6) is 11.5 Å². The molecule has 2 unspecified atom stereocenters. The Labute approximate surface area is 164 Å². The van der Waals surface area contributed by atoms with Gasteiger partial charge in [-0.25, -0.2) is 0 Å². The summed E-state index contributed by atoms with van der Waals surface area (Å²) in [5, 5.41) is 14.1. The van der Waals surface area contributed by atoms with E-state index in [9.17, 15) is 9.90 Å². The van der Waals surface area contributed by atoms with Gasteiger partial charge in [0.2, 0.25) is 5.91 Å². The van der Waals surface area contributed by atoms with E-state index >= 15 is 0 Å². The molecule has 1 amide bonds. The number of hydrogen-bond donors (Lipinski definition) is 1. The summed E-state index contributed by atoms with van der Waals surface area (Å²) >= 11 is 0. The maximum Gasteiger partial charge on any atom is 0.225 e. The highest BCUT2D eigenvalue weighted by Gasteiger charge is 2.36. The van der Waals surface area contributed by atoms with Gasteiger partial charge < -0.3 is 24.2 Å². The highest BCUT2D eigenvalue weighted by Crippen LogP contribution is 2.35. The van der Waals surface area contributed by atoms with Crippen LogP contribution < -0.4 is 9.47 Å². The van der Waals surface area contributed by atoms with Gasteiger partial charge in [-0.05, 0) is 30.2 Å². The van der Waals surface area contributed by atoms with Crippen LogP contribution in [0.2, 0.25) is 0 Å². The second-order valence-electron chi connectivity index (χ2n) is 6.77. The molecule has 2 heterocycles. The Bertz CT molecular complexity index is 807. The summed E-state index contributed by atoms with van der Waals surface area (Å²) in [6, 6.07) is 5.11. The van der Waals surface area contributed by atoms with Crippen molar-refractivity contribution in [2.75, 3.05) is 34.0 Å². The van der Waals surface area contributed by atoms with Gasteiger partial charge in [-0.3, -0.25) is 9.48 Å². The molecule has 0 aliphatic carbocycles. The van der Waals surface area contributed by atoms with Crippen LogP contribution in [-0.2, 0) is 16.1 Å². The van der Waals surface area contributed by atoms with E-state index in [1.807, 2.05) is 25.3 Å². The molecule has 2 atom stereocenters. The number of benzene rings is 1. The van der Waals surface area contributed by atoms with Crippen molar-refractivity contribution >= 4 is 5.91 Å². The van der Waals surface area contributed by atoms with Crippen molar-refractivity contribution in [3.05, 3.63) is 41.7 Å². The zero-order valence-electron chi connectivity index (χ0n) is 16.5. The molecule has 1 saturated heterocycles. The van der Waals surface area contributed by atoms with Crippen molar-refractivity contribution < 1.29 is 24.1 Å². The summed E-state index contributed by atoms with van der Waals surface area (Å²) in [6.07, 6.45) is 3.51. The second kappa shape index (κ2) is 9.07. The summed E-state index contributed by atoms with van der Waals surface area (Å²) in [7, 11) is 3.14. The molecule has 1 aliphatic rings. The van der Waals surface area contributed by atoms with Crippen molar-refractivity contribution in [3.8, 4) is 11.5 Å². The number of aryl methyl sites for hydroxylation is 2. The lowest BCUT2D eigenvalue weighted by atomic mass is 9.97. The zero-order valence-corrected chi connectivity index (χ0v) is 16.5. The minimum absolute atomic E-state index is 0.00492. The van der Waals surface area contributed by atoms with Crippen molar-refractivity contribution in [2.45, 2.75) is 32.0 Å². The monoisotopic (exact) mass is 389 g/mol. The highest BCUT2D eigenvalue weighted by molar-refractivity contribution is 5.77. The van der Waals surface area contributed by atoms with Crippen LogP contribution in [0.4, 0.5) is 0 Å². The predicted octanol–water partition coefficient (Wildman–Crippen LogP) is 1.56. The fourth-order valence-corrected chi connectivity index (χ4v) is 3.54. The van der Waals surface area contributed by atoms with Gasteiger partial charge in [0.05, 0.1) is 39.7 Å². The lowest BCUT2D eigenvalue weighted by Gasteiger charge is -2.41. The fraction of sp³-hybridized carbons (Fsp3) is 0.500. The molecular weight excluding hydrogens is 362 g/mol. The van der Waals surface area contributed by atoms with E-state index in [1.54, 1.807) is 36.1 Å². The molecule has 1 aliphatic heterocycles. The van der Waals surface area contributed by atoms with Gasteiger partial charge in [-0.1, -0.05) is 6.07 Å². The third kappa shape index (κ3) is 4.28. The minimum Gasteiger partial charge on any atom is -0.493 e. The lowest BCUT2D eigenvalue weighted by molar-refractivity contribution is -0.150. The van der Waals surface area contributed by atoms with E-state index in [-0.39, 0.29) is 12.5 Å². The van der Waals surface area contributed by atoms with Crippen LogP contribution in [0.15, 0.2) is 30.6 Å². The van der Waals surface area contributed by atoms with E-state index in [1.165, 1.54) is 0 Å². The number of hydrogen-bond acceptors (Lipinski definition) is 6. The van der Waals surface area contributed by atoms with Gasteiger partial charge >= 0.3 is 0 Å². The van der Waals surface area contributed by atoms with Crippen LogP contribution >= 0.6 is 0 Å². The largest absolute Gasteiger partial charge is 0.493 e. The Balaban J connectivity index is 1.82. The van der Waals surface area contributed by atoms with Gasteiger partial charge in [0.1, 0.15) is 6.10 Å². The average molecular weight is 389 g/mol. The minimum atomic E-state index is -0.497. The van der Waals surface area contributed by atoms with Gasteiger partial charge in [-0.2, -0.15) is 5.10 Å². The van der Waals surface area contributed by atoms with E-state index in [0.29, 0.717) is 37.6 Å². The molecule has 8 nitrogen and oxygen atoms in total. The van der Waals surface area contributed by atoms with Crippen molar-refractivity contribution in [1.29, 1.82) is 0 Å². The molecular formula is C20H27N3O5. The maximum atomic E-state index is 13.0. The van der Waals surface area contributed by atoms with Gasteiger partial charge in [0.25, 0.3) is 0 Å². The zero-order chi connectivity index (χ0) is 20.1. The number of rotatable bonds is 7. The van der Waals surface area contributed by atoms with Crippen LogP contribution in [-0.4, -0.2) is 65.8 Å². The van der Waals surface area contributed by atoms with Crippen molar-refractivity contribution in [3.63, 3.8) is 0 Å². The van der Waals surface area contributed by atoms with E-state index < -0.39 is 12.1 Å². The van der Waals surface area contributed by atoms with E-state index in [2.05, 4.69) is 5.10 Å². The first kappa shape index (κ1) is 20.2. The molecule has 1 fully saturated rings. The maximum absolute atomic E-state index is 13.0. The van der Waals surface area contributed by atoms with Gasteiger partial charge in [-0.15, -0.1) is 0 Å². The summed E-state index contributed by atoms with van der Waals surface area (Å²) in [5.41, 5.74) is 1.89. The Morgan fingerprint density at radius 3 is 2.75 bits per heavy atom. The topological polar surface area (TPSA) is 86.0 Å². The Morgan fingerprint density at radius 1 is 1.32 bits per heavy atom. The first-order valence-electron chi connectivity index (χ1n) is 9.30. The Morgan fingerprint density at radius 2 is 2.11 bits per heavy atom. The number of aliphatic hydroxyl groups excluding tert-OH is 1. The molecule has 3 rings (SSSR count). The van der Waals surface area contributed by atoms with Crippen LogP contribution in [0.3, 0.4) is 0 Å². The molecule has 0 spiro atoms. The molecule has 1 N–H and O–H groups in total. The standard InChI is InChI=1S/C20H27N3O5/c1-14-11-21-22(12-14)7-6-19(25)23-8-9-28-18(13-24)20(23)15-4-5-16(26-2)17(10-15)27-3/h4-5,10-12,18,20,24H,6-9,13H2,1-3H3. The molecule has 2 aromatic rings. The normalized spacial score (nSPS) is 19.5. The SMILES string of the molecule is COc1ccc(C2C(CO)OCCN2C(=O)CCn2cc(C)cn2)cc1OC. The number of morpholine rings is 1. The number of ether oxygens (including phenoxy) is 3. The first-order chi connectivity index (χ1) is 13.6. The van der Waals surface area contributed by atoms with Gasteiger partial charge in [0, 0.05) is 25.7 Å². The Kier molecular flexibility index (Phi) is 6.53. The van der Waals surface area contributed by atoms with Crippen LogP contribution in [0.25, 0.3) is 0 Å². The number of methoxy groups -OCH3 is 2. The van der Waals surface area contributed by atoms with Crippen LogP contribution in [0, 0.1) is 6.92 Å². The summed E-state index contributed by atoms with van der Waals surface area (Å²) in [5.74, 6) is 1.17. The molecule has 1 aromatic heterocycles. The molecule has 0 bridgehead atoms. The molecule has 152 valence electrons. The highest BCUT2D eigenvalue weighted by atomic mass is 16.5. The average Bonchev–Trinajstić information content (AvgIpc) is 3.15. The summed E-state index contributed by atoms with van der Waals surface area (Å²) in [4.78, 5) is 14.8.